The zero-order valence-electron chi connectivity index (χ0n) is 29.7. The van der Waals surface area contributed by atoms with Crippen LogP contribution >= 0.6 is 0 Å². The third-order valence-corrected chi connectivity index (χ3v) is 8.53. The summed E-state index contributed by atoms with van der Waals surface area (Å²) in [4.78, 5) is 50.6. The summed E-state index contributed by atoms with van der Waals surface area (Å²) in [6.07, 6.45) is 17.5. The lowest BCUT2D eigenvalue weighted by molar-refractivity contribution is -0.138. The number of nitrogens with zero attached hydrogens (tertiary/aromatic N) is 2. The highest BCUT2D eigenvalue weighted by Gasteiger charge is 2.15. The fourth-order valence-corrected chi connectivity index (χ4v) is 5.61. The minimum absolute atomic E-state index is 0.118. The molecule has 0 radical (unpaired) electrons. The molecule has 280 valence electrons. The second-order valence-electron chi connectivity index (χ2n) is 12.7. The van der Waals surface area contributed by atoms with Gasteiger partial charge in [0.2, 0.25) is 11.8 Å². The second-order valence-corrected chi connectivity index (χ2v) is 12.7. The Balaban J connectivity index is 2.25. The summed E-state index contributed by atoms with van der Waals surface area (Å²) in [7, 11) is 0. The van der Waals surface area contributed by atoms with Crippen molar-refractivity contribution >= 4 is 23.8 Å². The first-order valence-electron chi connectivity index (χ1n) is 18.7. The lowest BCUT2D eigenvalue weighted by Gasteiger charge is -2.24. The lowest BCUT2D eigenvalue weighted by atomic mass is 10.1. The van der Waals surface area contributed by atoms with E-state index in [1.165, 1.54) is 0 Å². The van der Waals surface area contributed by atoms with Crippen molar-refractivity contribution in [1.82, 2.24) is 9.80 Å². The molecule has 1 rings (SSSR count). The van der Waals surface area contributed by atoms with E-state index in [0.29, 0.717) is 91.9 Å². The Hall–Kier alpha value is -2.28. The summed E-state index contributed by atoms with van der Waals surface area (Å²) < 4.78 is 23.0. The third-order valence-electron chi connectivity index (χ3n) is 8.53. The van der Waals surface area contributed by atoms with Gasteiger partial charge >= 0.3 is 11.9 Å². The normalized spacial score (nSPS) is 16.2. The van der Waals surface area contributed by atoms with Crippen molar-refractivity contribution in [3.8, 4) is 0 Å². The molecule has 0 bridgehead atoms. The van der Waals surface area contributed by atoms with Gasteiger partial charge in [-0.3, -0.25) is 19.2 Å². The molecule has 1 aliphatic heterocycles. The number of carbonyl (C=O) groups excluding carboxylic acids is 2. The van der Waals surface area contributed by atoms with Crippen LogP contribution in [0, 0.1) is 0 Å². The van der Waals surface area contributed by atoms with Crippen molar-refractivity contribution in [3.63, 3.8) is 0 Å². The Morgan fingerprint density at radius 2 is 0.583 bits per heavy atom. The highest BCUT2D eigenvalue weighted by molar-refractivity contribution is 5.76. The molecule has 12 heteroatoms. The lowest BCUT2D eigenvalue weighted by Crippen LogP contribution is -2.38. The Morgan fingerprint density at radius 1 is 0.354 bits per heavy atom. The van der Waals surface area contributed by atoms with E-state index >= 15 is 0 Å². The molecule has 1 fully saturated rings. The van der Waals surface area contributed by atoms with Gasteiger partial charge in [-0.2, -0.15) is 0 Å². The zero-order valence-corrected chi connectivity index (χ0v) is 29.7. The Bertz CT molecular complexity index is 743. The maximum absolute atomic E-state index is 12.9. The van der Waals surface area contributed by atoms with E-state index in [-0.39, 0.29) is 24.7 Å². The minimum atomic E-state index is -0.724. The Morgan fingerprint density at radius 3 is 0.833 bits per heavy atom. The minimum Gasteiger partial charge on any atom is -0.481 e. The van der Waals surface area contributed by atoms with Crippen LogP contribution in [0.1, 0.15) is 128 Å². The first-order valence-corrected chi connectivity index (χ1v) is 18.7. The van der Waals surface area contributed by atoms with E-state index in [4.69, 9.17) is 29.2 Å². The molecule has 0 spiro atoms. The smallest absolute Gasteiger partial charge is 0.303 e. The van der Waals surface area contributed by atoms with E-state index in [1.54, 1.807) is 0 Å². The fraction of sp³-hybridized carbons (Fsp3) is 0.889. The topological polar surface area (TPSA) is 152 Å². The van der Waals surface area contributed by atoms with E-state index in [9.17, 15) is 19.2 Å². The van der Waals surface area contributed by atoms with Crippen molar-refractivity contribution in [1.29, 1.82) is 0 Å². The first-order chi connectivity index (χ1) is 23.4. The van der Waals surface area contributed by atoms with Crippen LogP contribution in [-0.4, -0.2) is 123 Å². The summed E-state index contributed by atoms with van der Waals surface area (Å²) in [5.74, 6) is -1.21. The monoisotopic (exact) mass is 686 g/mol. The SMILES string of the molecule is O=C(O)CCCCCCCCCCC(=O)N1CCOCCOCCN(C(=O)CCCCCCCCCCC(=O)O)CCOCCOCC1. The van der Waals surface area contributed by atoms with Gasteiger partial charge in [0.25, 0.3) is 0 Å². The molecule has 0 aromatic rings. The van der Waals surface area contributed by atoms with Gasteiger partial charge in [0.1, 0.15) is 0 Å². The molecule has 2 amide bonds. The predicted octanol–water partition coefficient (Wildman–Crippen LogP) is 5.69. The molecule has 2 N–H and O–H groups in total. The number of ether oxygens (including phenoxy) is 4. The van der Waals surface area contributed by atoms with E-state index in [0.717, 1.165) is 103 Å². The average molecular weight is 687 g/mol. The van der Waals surface area contributed by atoms with Crippen LogP contribution < -0.4 is 0 Å². The molecular weight excluding hydrogens is 620 g/mol. The summed E-state index contributed by atoms with van der Waals surface area (Å²) in [5.41, 5.74) is 0. The quantitative estimate of drug-likeness (QED) is 0.136. The molecule has 12 nitrogen and oxygen atoms in total. The fourth-order valence-electron chi connectivity index (χ4n) is 5.61. The molecule has 0 aromatic heterocycles. The summed E-state index contributed by atoms with van der Waals surface area (Å²) in [6, 6.07) is 0. The molecule has 0 aliphatic carbocycles. The van der Waals surface area contributed by atoms with Crippen LogP contribution in [0.4, 0.5) is 0 Å². The van der Waals surface area contributed by atoms with Crippen molar-refractivity contribution in [2.45, 2.75) is 128 Å². The molecule has 1 aliphatic rings. The number of rotatable bonds is 22. The van der Waals surface area contributed by atoms with Crippen molar-refractivity contribution in [2.75, 3.05) is 79.0 Å². The van der Waals surface area contributed by atoms with Crippen LogP contribution in [-0.2, 0) is 38.1 Å². The number of carboxylic acid groups (broad SMARTS) is 2. The van der Waals surface area contributed by atoms with Gasteiger partial charge in [-0.25, -0.2) is 0 Å². The molecule has 0 unspecified atom stereocenters. The van der Waals surface area contributed by atoms with Gasteiger partial charge < -0.3 is 39.0 Å². The van der Waals surface area contributed by atoms with Gasteiger partial charge in [0, 0.05) is 51.9 Å². The van der Waals surface area contributed by atoms with E-state index in [1.807, 2.05) is 9.80 Å². The number of amides is 2. The van der Waals surface area contributed by atoms with Crippen LogP contribution in [0.3, 0.4) is 0 Å². The van der Waals surface area contributed by atoms with Crippen LogP contribution in [0.5, 0.6) is 0 Å². The maximum atomic E-state index is 12.9. The van der Waals surface area contributed by atoms with Gasteiger partial charge in [0.15, 0.2) is 0 Å². The zero-order chi connectivity index (χ0) is 34.9. The Labute approximate surface area is 289 Å². The highest BCUT2D eigenvalue weighted by Crippen LogP contribution is 2.13. The number of carboxylic acids is 2. The number of carbonyl (C=O) groups is 4. The van der Waals surface area contributed by atoms with Crippen LogP contribution in [0.15, 0.2) is 0 Å². The molecule has 1 heterocycles. The Kier molecular flexibility index (Phi) is 29.1. The van der Waals surface area contributed by atoms with Crippen LogP contribution in [0.2, 0.25) is 0 Å². The highest BCUT2D eigenvalue weighted by atomic mass is 16.5. The number of aliphatic carboxylic acids is 2. The second kappa shape index (κ2) is 32.0. The van der Waals surface area contributed by atoms with Gasteiger partial charge in [-0.05, 0) is 25.7 Å². The predicted molar refractivity (Wildman–Crippen MR) is 184 cm³/mol. The summed E-state index contributed by atoms with van der Waals surface area (Å²) in [6.45, 7) is 5.41. The number of hydrogen-bond donors (Lipinski definition) is 2. The van der Waals surface area contributed by atoms with Crippen molar-refractivity contribution in [3.05, 3.63) is 0 Å². The van der Waals surface area contributed by atoms with Gasteiger partial charge in [0.05, 0.1) is 52.9 Å². The van der Waals surface area contributed by atoms with Gasteiger partial charge in [-0.15, -0.1) is 0 Å². The standard InChI is InChI=1S/C36H66N2O10/c39-33(17-13-9-5-1-3-7-11-15-19-35(41)42)37-21-25-45-29-31-47-27-23-38(24-28-48-32-30-46-26-22-37)34(40)18-14-10-6-2-4-8-12-16-20-36(43)44/h1-32H2,(H,41,42)(H,43,44). The maximum Gasteiger partial charge on any atom is 0.303 e. The molecule has 48 heavy (non-hydrogen) atoms. The summed E-state index contributed by atoms with van der Waals surface area (Å²) in [5, 5.41) is 17.4. The largest absolute Gasteiger partial charge is 0.481 e. The molecule has 0 saturated carbocycles. The van der Waals surface area contributed by atoms with Crippen LogP contribution in [0.25, 0.3) is 0 Å². The van der Waals surface area contributed by atoms with E-state index in [2.05, 4.69) is 0 Å². The number of hydrogen-bond acceptors (Lipinski definition) is 8. The van der Waals surface area contributed by atoms with Crippen molar-refractivity contribution < 1.29 is 48.3 Å². The summed E-state index contributed by atoms with van der Waals surface area (Å²) >= 11 is 0. The van der Waals surface area contributed by atoms with Gasteiger partial charge in [-0.1, -0.05) is 77.0 Å². The molecule has 0 aromatic carbocycles. The van der Waals surface area contributed by atoms with E-state index < -0.39 is 11.9 Å². The average Bonchev–Trinajstić information content (AvgIpc) is 3.05. The molecule has 1 saturated heterocycles. The van der Waals surface area contributed by atoms with Crippen molar-refractivity contribution in [2.24, 2.45) is 0 Å². The molecular formula is C36H66N2O10. The number of unbranched alkanes of at least 4 members (excludes halogenated alkanes) is 14. The third kappa shape index (κ3) is 27.6. The molecule has 0 atom stereocenters. The first kappa shape index (κ1) is 43.7.